The summed E-state index contributed by atoms with van der Waals surface area (Å²) in [5.74, 6) is 1.28. The topological polar surface area (TPSA) is 43.9 Å². The minimum Gasteiger partial charge on any atom is -0.348 e. The molecule has 3 atom stereocenters. The van der Waals surface area contributed by atoms with Crippen LogP contribution in [0.4, 0.5) is 0 Å². The van der Waals surface area contributed by atoms with Gasteiger partial charge in [0.2, 0.25) is 11.8 Å². The molecule has 0 aromatic carbocycles. The van der Waals surface area contributed by atoms with Crippen molar-refractivity contribution in [2.24, 2.45) is 11.8 Å². The van der Waals surface area contributed by atoms with E-state index >= 15 is 0 Å². The quantitative estimate of drug-likeness (QED) is 0.770. The van der Waals surface area contributed by atoms with Gasteiger partial charge < -0.3 is 9.80 Å². The first-order valence-electron chi connectivity index (χ1n) is 7.41. The molecule has 0 N–H and O–H groups in total. The largest absolute Gasteiger partial charge is 0.348 e. The zero-order valence-corrected chi connectivity index (χ0v) is 13.7. The number of amides is 2. The monoisotopic (exact) mass is 283 g/mol. The number of nitrogens with zero attached hydrogens (tertiary/aromatic N) is 3. The fourth-order valence-corrected chi connectivity index (χ4v) is 2.79. The summed E-state index contributed by atoms with van der Waals surface area (Å²) < 4.78 is 0. The van der Waals surface area contributed by atoms with E-state index in [1.54, 1.807) is 19.0 Å². The summed E-state index contributed by atoms with van der Waals surface area (Å²) in [7, 11) is 5.30. The number of carbonyl (C=O) groups excluding carboxylic acids is 2. The number of rotatable bonds is 4. The van der Waals surface area contributed by atoms with Crippen molar-refractivity contribution in [3.63, 3.8) is 0 Å². The van der Waals surface area contributed by atoms with Crippen LogP contribution in [0.2, 0.25) is 0 Å². The molecular weight excluding hydrogens is 254 g/mol. The molecule has 0 aromatic heterocycles. The first kappa shape index (κ1) is 17.0. The van der Waals surface area contributed by atoms with Crippen LogP contribution in [0, 0.1) is 11.8 Å². The second-order valence-corrected chi connectivity index (χ2v) is 6.57. The van der Waals surface area contributed by atoms with Crippen molar-refractivity contribution >= 4 is 11.8 Å². The molecule has 116 valence electrons. The van der Waals surface area contributed by atoms with Crippen LogP contribution < -0.4 is 0 Å². The minimum atomic E-state index is -0.253. The molecule has 2 amide bonds. The van der Waals surface area contributed by atoms with Crippen molar-refractivity contribution in [1.82, 2.24) is 14.7 Å². The highest BCUT2D eigenvalue weighted by Gasteiger charge is 2.30. The molecule has 0 aliphatic carbocycles. The summed E-state index contributed by atoms with van der Waals surface area (Å²) in [6.07, 6.45) is 1.19. The number of piperidine rings is 1. The molecule has 0 radical (unpaired) electrons. The molecule has 0 saturated carbocycles. The van der Waals surface area contributed by atoms with Gasteiger partial charge in [-0.3, -0.25) is 14.5 Å². The average Bonchev–Trinajstić information content (AvgIpc) is 2.35. The molecule has 0 aromatic rings. The van der Waals surface area contributed by atoms with Gasteiger partial charge in [-0.25, -0.2) is 0 Å². The van der Waals surface area contributed by atoms with Gasteiger partial charge in [-0.05, 0) is 32.2 Å². The van der Waals surface area contributed by atoms with Crippen LogP contribution >= 0.6 is 0 Å². The predicted octanol–water partition coefficient (Wildman–Crippen LogP) is 0.899. The molecule has 5 nitrogen and oxygen atoms in total. The van der Waals surface area contributed by atoms with Crippen LogP contribution in [0.1, 0.15) is 27.2 Å². The third kappa shape index (κ3) is 4.47. The molecule has 0 bridgehead atoms. The Bertz CT molecular complexity index is 347. The summed E-state index contributed by atoms with van der Waals surface area (Å²) in [6, 6.07) is -0.253. The molecule has 0 spiro atoms. The molecule has 20 heavy (non-hydrogen) atoms. The number of hydrogen-bond donors (Lipinski definition) is 0. The Hall–Kier alpha value is -1.10. The van der Waals surface area contributed by atoms with Crippen LogP contribution in [0.3, 0.4) is 0 Å². The Morgan fingerprint density at radius 3 is 2.10 bits per heavy atom. The van der Waals surface area contributed by atoms with E-state index in [1.165, 1.54) is 6.42 Å². The summed E-state index contributed by atoms with van der Waals surface area (Å²) in [4.78, 5) is 29.6. The van der Waals surface area contributed by atoms with Crippen LogP contribution in [-0.4, -0.2) is 73.3 Å². The number of carbonyl (C=O) groups is 2. The Balaban J connectivity index is 2.59. The van der Waals surface area contributed by atoms with E-state index in [9.17, 15) is 9.59 Å². The third-order valence-corrected chi connectivity index (χ3v) is 4.08. The van der Waals surface area contributed by atoms with Crippen LogP contribution in [0.25, 0.3) is 0 Å². The number of likely N-dealkylation sites (tertiary alicyclic amines) is 1. The van der Waals surface area contributed by atoms with Gasteiger partial charge in [-0.1, -0.05) is 13.8 Å². The average molecular weight is 283 g/mol. The SMILES string of the molecule is CC1CC(C)CN(C(=O)C(C)N(C)CC(=O)N(C)C)C1. The van der Waals surface area contributed by atoms with Gasteiger partial charge in [0, 0.05) is 27.2 Å². The highest BCUT2D eigenvalue weighted by atomic mass is 16.2. The van der Waals surface area contributed by atoms with E-state index in [2.05, 4.69) is 13.8 Å². The standard InChI is InChI=1S/C15H29N3O2/c1-11-7-12(2)9-18(8-11)15(20)13(3)17(6)10-14(19)16(4)5/h11-13H,7-10H2,1-6H3. The van der Waals surface area contributed by atoms with Gasteiger partial charge in [0.25, 0.3) is 0 Å². The number of hydrogen-bond acceptors (Lipinski definition) is 3. The van der Waals surface area contributed by atoms with Crippen molar-refractivity contribution in [2.75, 3.05) is 40.8 Å². The molecule has 1 rings (SSSR count). The molecule has 1 heterocycles. The summed E-state index contributed by atoms with van der Waals surface area (Å²) in [5.41, 5.74) is 0. The lowest BCUT2D eigenvalue weighted by atomic mass is 9.91. The van der Waals surface area contributed by atoms with E-state index in [0.717, 1.165) is 13.1 Å². The normalized spacial score (nSPS) is 24.6. The van der Waals surface area contributed by atoms with Crippen molar-refractivity contribution in [2.45, 2.75) is 33.2 Å². The van der Waals surface area contributed by atoms with Gasteiger partial charge >= 0.3 is 0 Å². The maximum Gasteiger partial charge on any atom is 0.239 e. The molecule has 1 saturated heterocycles. The van der Waals surface area contributed by atoms with Crippen LogP contribution in [0.5, 0.6) is 0 Å². The highest BCUT2D eigenvalue weighted by molar-refractivity contribution is 5.83. The van der Waals surface area contributed by atoms with Crippen molar-refractivity contribution < 1.29 is 9.59 Å². The van der Waals surface area contributed by atoms with Gasteiger partial charge in [0.05, 0.1) is 12.6 Å². The maximum atomic E-state index is 12.5. The second-order valence-electron chi connectivity index (χ2n) is 6.57. The fourth-order valence-electron chi connectivity index (χ4n) is 2.79. The van der Waals surface area contributed by atoms with Crippen LogP contribution in [-0.2, 0) is 9.59 Å². The lowest BCUT2D eigenvalue weighted by Gasteiger charge is -2.38. The smallest absolute Gasteiger partial charge is 0.239 e. The Morgan fingerprint density at radius 1 is 1.15 bits per heavy atom. The van der Waals surface area contributed by atoms with Crippen molar-refractivity contribution in [1.29, 1.82) is 0 Å². The number of likely N-dealkylation sites (N-methyl/N-ethyl adjacent to an activating group) is 2. The van der Waals surface area contributed by atoms with E-state index < -0.39 is 0 Å². The Labute approximate surface area is 122 Å². The molecule has 5 heteroatoms. The molecule has 1 aliphatic heterocycles. The molecular formula is C15H29N3O2. The maximum absolute atomic E-state index is 12.5. The van der Waals surface area contributed by atoms with Crippen molar-refractivity contribution in [3.8, 4) is 0 Å². The Kier molecular flexibility index (Phi) is 5.99. The van der Waals surface area contributed by atoms with Crippen LogP contribution in [0.15, 0.2) is 0 Å². The molecule has 1 fully saturated rings. The van der Waals surface area contributed by atoms with E-state index in [0.29, 0.717) is 11.8 Å². The first-order chi connectivity index (χ1) is 9.22. The fraction of sp³-hybridized carbons (Fsp3) is 0.867. The van der Waals surface area contributed by atoms with E-state index in [1.807, 2.05) is 23.8 Å². The lowest BCUT2D eigenvalue weighted by Crippen LogP contribution is -2.52. The molecule has 3 unspecified atom stereocenters. The summed E-state index contributed by atoms with van der Waals surface area (Å²) in [6.45, 7) is 8.22. The summed E-state index contributed by atoms with van der Waals surface area (Å²) >= 11 is 0. The van der Waals surface area contributed by atoms with Gasteiger partial charge in [0.15, 0.2) is 0 Å². The summed E-state index contributed by atoms with van der Waals surface area (Å²) in [5, 5.41) is 0. The first-order valence-corrected chi connectivity index (χ1v) is 7.41. The zero-order valence-electron chi connectivity index (χ0n) is 13.7. The van der Waals surface area contributed by atoms with Crippen molar-refractivity contribution in [3.05, 3.63) is 0 Å². The molecule has 1 aliphatic rings. The second kappa shape index (κ2) is 7.07. The van der Waals surface area contributed by atoms with Gasteiger partial charge in [-0.2, -0.15) is 0 Å². The lowest BCUT2D eigenvalue weighted by molar-refractivity contribution is -0.140. The minimum absolute atomic E-state index is 0.0209. The van der Waals surface area contributed by atoms with Gasteiger partial charge in [-0.15, -0.1) is 0 Å². The van der Waals surface area contributed by atoms with E-state index in [-0.39, 0.29) is 24.4 Å². The zero-order chi connectivity index (χ0) is 15.4. The third-order valence-electron chi connectivity index (χ3n) is 4.08. The van der Waals surface area contributed by atoms with Gasteiger partial charge in [0.1, 0.15) is 0 Å². The Morgan fingerprint density at radius 2 is 1.65 bits per heavy atom. The van der Waals surface area contributed by atoms with E-state index in [4.69, 9.17) is 0 Å². The highest BCUT2D eigenvalue weighted by Crippen LogP contribution is 2.21. The predicted molar refractivity (Wildman–Crippen MR) is 80.3 cm³/mol.